The number of ether oxygens (including phenoxy) is 4. The highest BCUT2D eigenvalue weighted by molar-refractivity contribution is 6.74. The third-order valence-corrected chi connectivity index (χ3v) is 10.7. The summed E-state index contributed by atoms with van der Waals surface area (Å²) in [5.41, 5.74) is 4.44. The summed E-state index contributed by atoms with van der Waals surface area (Å²) in [6, 6.07) is 8.08. The number of benzene rings is 2. The minimum Gasteiger partial charge on any atom is -0.541 e. The molecule has 0 heterocycles. The Morgan fingerprint density at radius 2 is 1.35 bits per heavy atom. The molecule has 31 heavy (non-hydrogen) atoms. The maximum absolute atomic E-state index is 6.75. The minimum atomic E-state index is -2.04. The van der Waals surface area contributed by atoms with Crippen molar-refractivity contribution in [3.63, 3.8) is 0 Å². The van der Waals surface area contributed by atoms with Crippen molar-refractivity contribution in [3.8, 4) is 28.7 Å². The molecule has 3 rings (SSSR count). The number of methoxy groups -OCH3 is 4. The number of rotatable bonds is 7. The van der Waals surface area contributed by atoms with Crippen LogP contribution >= 0.6 is 0 Å². The van der Waals surface area contributed by atoms with Gasteiger partial charge in [-0.15, -0.1) is 0 Å². The molecule has 1 aliphatic rings. The Hall–Kier alpha value is -2.60. The average molecular weight is 443 g/mol. The number of hydrogen-bond donors (Lipinski definition) is 0. The third kappa shape index (κ3) is 4.13. The third-order valence-electron chi connectivity index (χ3n) is 6.38. The van der Waals surface area contributed by atoms with E-state index in [1.807, 2.05) is 18.2 Å². The lowest BCUT2D eigenvalue weighted by Crippen LogP contribution is -2.44. The van der Waals surface area contributed by atoms with Crippen LogP contribution in [0, 0.1) is 0 Å². The van der Waals surface area contributed by atoms with Crippen molar-refractivity contribution in [1.82, 2.24) is 0 Å². The van der Waals surface area contributed by atoms with Gasteiger partial charge in [0, 0.05) is 5.56 Å². The van der Waals surface area contributed by atoms with E-state index in [1.54, 1.807) is 28.4 Å². The van der Waals surface area contributed by atoms with Crippen molar-refractivity contribution < 1.29 is 23.4 Å². The van der Waals surface area contributed by atoms with Gasteiger partial charge in [0.25, 0.3) is 8.32 Å². The lowest BCUT2D eigenvalue weighted by Gasteiger charge is -2.37. The van der Waals surface area contributed by atoms with Crippen LogP contribution in [0.4, 0.5) is 0 Å². The maximum Gasteiger partial charge on any atom is 0.250 e. The molecule has 5 nitrogen and oxygen atoms in total. The maximum atomic E-state index is 6.75. The van der Waals surface area contributed by atoms with Crippen LogP contribution in [0.25, 0.3) is 5.57 Å². The molecule has 0 saturated carbocycles. The highest BCUT2D eigenvalue weighted by Gasteiger charge is 2.40. The highest BCUT2D eigenvalue weighted by Crippen LogP contribution is 2.48. The van der Waals surface area contributed by atoms with Gasteiger partial charge >= 0.3 is 0 Å². The molecule has 0 N–H and O–H groups in total. The van der Waals surface area contributed by atoms with Crippen molar-refractivity contribution in [2.45, 2.75) is 45.3 Å². The summed E-state index contributed by atoms with van der Waals surface area (Å²) in [6.45, 7) is 11.3. The molecule has 2 aromatic rings. The van der Waals surface area contributed by atoms with Gasteiger partial charge in [-0.25, -0.2) is 0 Å². The van der Waals surface area contributed by atoms with Crippen molar-refractivity contribution in [2.75, 3.05) is 28.4 Å². The van der Waals surface area contributed by atoms with Gasteiger partial charge in [-0.1, -0.05) is 32.9 Å². The van der Waals surface area contributed by atoms with E-state index in [9.17, 15) is 0 Å². The van der Waals surface area contributed by atoms with Gasteiger partial charge in [0.15, 0.2) is 23.0 Å². The van der Waals surface area contributed by atoms with Crippen LogP contribution < -0.4 is 23.4 Å². The summed E-state index contributed by atoms with van der Waals surface area (Å²) in [4.78, 5) is 0. The Bertz CT molecular complexity index is 977. The second-order valence-electron chi connectivity index (χ2n) is 9.22. The van der Waals surface area contributed by atoms with Crippen LogP contribution in [0.15, 0.2) is 30.3 Å². The van der Waals surface area contributed by atoms with Crippen LogP contribution in [0.3, 0.4) is 0 Å². The zero-order chi connectivity index (χ0) is 23.0. The molecule has 1 aliphatic carbocycles. The predicted octanol–water partition coefficient (Wildman–Crippen LogP) is 6.09. The second-order valence-corrected chi connectivity index (χ2v) is 13.9. The predicted molar refractivity (Wildman–Crippen MR) is 128 cm³/mol. The molecular formula is C25H34O5Si. The Morgan fingerprint density at radius 1 is 0.774 bits per heavy atom. The fourth-order valence-corrected chi connectivity index (χ4v) is 4.61. The molecule has 0 atom stereocenters. The minimum absolute atomic E-state index is 0.0896. The molecule has 0 saturated heterocycles. The van der Waals surface area contributed by atoms with Gasteiger partial charge in [-0.05, 0) is 59.5 Å². The van der Waals surface area contributed by atoms with E-state index in [1.165, 1.54) is 0 Å². The molecule has 0 bridgehead atoms. The summed E-state index contributed by atoms with van der Waals surface area (Å²) >= 11 is 0. The molecule has 168 valence electrons. The lowest BCUT2D eigenvalue weighted by molar-refractivity contribution is 0.324. The Labute approximate surface area is 187 Å². The molecule has 0 aromatic heterocycles. The standard InChI is InChI=1S/C25H34O5Si/c1-25(2,3)31(8,9)30-23-19-11-10-17(18(19)12-13-20(23)26-4)16-14-21(27-5)24(29-7)22(15-16)28-6/h10,12-15H,11H2,1-9H3. The average Bonchev–Trinajstić information content (AvgIpc) is 3.16. The van der Waals surface area contributed by atoms with Gasteiger partial charge in [0.05, 0.1) is 28.4 Å². The van der Waals surface area contributed by atoms with Crippen LogP contribution in [0.2, 0.25) is 18.1 Å². The van der Waals surface area contributed by atoms with Crippen LogP contribution in [-0.2, 0) is 6.42 Å². The summed E-state index contributed by atoms with van der Waals surface area (Å²) < 4.78 is 29.0. The van der Waals surface area contributed by atoms with E-state index in [2.05, 4.69) is 46.0 Å². The molecule has 0 unspecified atom stereocenters. The Kier molecular flexibility index (Phi) is 6.32. The lowest BCUT2D eigenvalue weighted by atomic mass is 9.97. The largest absolute Gasteiger partial charge is 0.541 e. The van der Waals surface area contributed by atoms with Crippen LogP contribution in [-0.4, -0.2) is 36.8 Å². The van der Waals surface area contributed by atoms with E-state index in [0.29, 0.717) is 17.2 Å². The van der Waals surface area contributed by atoms with E-state index in [4.69, 9.17) is 23.4 Å². The molecule has 0 fully saturated rings. The van der Waals surface area contributed by atoms with Crippen LogP contribution in [0.5, 0.6) is 28.7 Å². The first-order valence-corrected chi connectivity index (χ1v) is 13.4. The van der Waals surface area contributed by atoms with Crippen molar-refractivity contribution in [3.05, 3.63) is 47.0 Å². The van der Waals surface area contributed by atoms with E-state index in [0.717, 1.165) is 40.2 Å². The zero-order valence-corrected chi connectivity index (χ0v) is 21.1. The van der Waals surface area contributed by atoms with Gasteiger partial charge in [0.2, 0.25) is 5.75 Å². The van der Waals surface area contributed by atoms with E-state index < -0.39 is 8.32 Å². The first-order valence-electron chi connectivity index (χ1n) is 10.5. The summed E-state index contributed by atoms with van der Waals surface area (Å²) in [6.07, 6.45) is 3.01. The molecule has 0 spiro atoms. The second kappa shape index (κ2) is 8.50. The molecule has 2 aromatic carbocycles. The SMILES string of the molecule is COc1cc(C2=CCc3c2ccc(OC)c3O[Si](C)(C)C(C)(C)C)cc(OC)c1OC. The summed E-state index contributed by atoms with van der Waals surface area (Å²) in [5.74, 6) is 3.51. The molecule has 0 aliphatic heterocycles. The first-order chi connectivity index (χ1) is 14.6. The number of fused-ring (bicyclic) bond motifs is 1. The van der Waals surface area contributed by atoms with Gasteiger partial charge in [-0.3, -0.25) is 0 Å². The summed E-state index contributed by atoms with van der Waals surface area (Å²) in [5, 5.41) is 0.0896. The quantitative estimate of drug-likeness (QED) is 0.485. The smallest absolute Gasteiger partial charge is 0.250 e. The van der Waals surface area contributed by atoms with Gasteiger partial charge < -0.3 is 23.4 Å². The molecule has 0 radical (unpaired) electrons. The fourth-order valence-electron chi connectivity index (χ4n) is 3.57. The van der Waals surface area contributed by atoms with E-state index >= 15 is 0 Å². The molecule has 0 amide bonds. The van der Waals surface area contributed by atoms with Crippen molar-refractivity contribution in [1.29, 1.82) is 0 Å². The number of hydrogen-bond acceptors (Lipinski definition) is 5. The van der Waals surface area contributed by atoms with E-state index in [-0.39, 0.29) is 5.04 Å². The topological polar surface area (TPSA) is 46.2 Å². The Balaban J connectivity index is 2.11. The normalized spacial score (nSPS) is 13.4. The number of allylic oxidation sites excluding steroid dienone is 1. The molecule has 6 heteroatoms. The first kappa shape index (κ1) is 23.1. The Morgan fingerprint density at radius 3 is 1.84 bits per heavy atom. The van der Waals surface area contributed by atoms with Gasteiger partial charge in [0.1, 0.15) is 0 Å². The van der Waals surface area contributed by atoms with Gasteiger partial charge in [-0.2, -0.15) is 0 Å². The van der Waals surface area contributed by atoms with Crippen LogP contribution in [0.1, 0.15) is 37.5 Å². The monoisotopic (exact) mass is 442 g/mol. The fraction of sp³-hybridized carbons (Fsp3) is 0.440. The van der Waals surface area contributed by atoms with Crippen molar-refractivity contribution in [2.24, 2.45) is 0 Å². The zero-order valence-electron chi connectivity index (χ0n) is 20.1. The summed E-state index contributed by atoms with van der Waals surface area (Å²) in [7, 11) is 4.54. The van der Waals surface area contributed by atoms with Crippen molar-refractivity contribution >= 4 is 13.9 Å². The molecular weight excluding hydrogens is 408 g/mol. The highest BCUT2D eigenvalue weighted by atomic mass is 28.4.